The van der Waals surface area contributed by atoms with Crippen LogP contribution in [0, 0.1) is 0 Å². The van der Waals surface area contributed by atoms with E-state index in [0.717, 1.165) is 5.56 Å². The van der Waals surface area contributed by atoms with Crippen LogP contribution in [0.4, 0.5) is 0 Å². The van der Waals surface area contributed by atoms with Gasteiger partial charge >= 0.3 is 0 Å². The fourth-order valence-corrected chi connectivity index (χ4v) is 3.59. The Morgan fingerprint density at radius 1 is 0.750 bits per heavy atom. The minimum absolute atomic E-state index is 0.00743. The lowest BCUT2D eigenvalue weighted by molar-refractivity contribution is 0.0990. The molecule has 0 spiro atoms. The van der Waals surface area contributed by atoms with Crippen molar-refractivity contribution in [3.8, 4) is 11.3 Å². The Bertz CT molecular complexity index is 1230. The predicted molar refractivity (Wildman–Crippen MR) is 107 cm³/mol. The van der Waals surface area contributed by atoms with Gasteiger partial charge in [0.2, 0.25) is 0 Å². The van der Waals surface area contributed by atoms with Gasteiger partial charge in [0.15, 0.2) is 22.7 Å². The van der Waals surface area contributed by atoms with Gasteiger partial charge in [-0.05, 0) is 18.2 Å². The van der Waals surface area contributed by atoms with E-state index in [2.05, 4.69) is 0 Å². The fourth-order valence-electron chi connectivity index (χ4n) is 3.26. The Labute approximate surface area is 169 Å². The fraction of sp³-hybridized carbons (Fsp3) is 0. The normalized spacial score (nSPS) is 13.4. The van der Waals surface area contributed by atoms with E-state index in [9.17, 15) is 9.59 Å². The lowest BCUT2D eigenvalue weighted by atomic mass is 10.1. The molecule has 0 fully saturated rings. The SMILES string of the molecule is O=C1C(=Cc2cc3oc(-c4ccccc4)cc3o2)C(=O)c2cc(Cl)c(Cl)cc21. The molecule has 2 aromatic carbocycles. The molecule has 2 aromatic heterocycles. The number of benzene rings is 2. The van der Waals surface area contributed by atoms with Gasteiger partial charge in [-0.2, -0.15) is 0 Å². The van der Waals surface area contributed by atoms with Crippen molar-refractivity contribution in [2.75, 3.05) is 0 Å². The first-order valence-corrected chi connectivity index (χ1v) is 9.16. The van der Waals surface area contributed by atoms with Crippen molar-refractivity contribution in [2.45, 2.75) is 0 Å². The smallest absolute Gasteiger partial charge is 0.197 e. The van der Waals surface area contributed by atoms with Gasteiger partial charge in [0.25, 0.3) is 0 Å². The van der Waals surface area contributed by atoms with Gasteiger partial charge in [-0.25, -0.2) is 0 Å². The van der Waals surface area contributed by atoms with Crippen LogP contribution in [0.3, 0.4) is 0 Å². The molecule has 0 aliphatic heterocycles. The van der Waals surface area contributed by atoms with Crippen LogP contribution in [0.1, 0.15) is 26.5 Å². The van der Waals surface area contributed by atoms with E-state index in [1.54, 1.807) is 12.1 Å². The molecule has 0 bridgehead atoms. The average Bonchev–Trinajstić information content (AvgIpc) is 3.31. The van der Waals surface area contributed by atoms with Crippen molar-refractivity contribution < 1.29 is 18.4 Å². The Morgan fingerprint density at radius 3 is 1.96 bits per heavy atom. The number of ketones is 2. The first kappa shape index (κ1) is 17.0. The topological polar surface area (TPSA) is 60.4 Å². The second-order valence-corrected chi connectivity index (χ2v) is 7.20. The Morgan fingerprint density at radius 2 is 1.36 bits per heavy atom. The van der Waals surface area contributed by atoms with Crippen LogP contribution in [-0.4, -0.2) is 11.6 Å². The van der Waals surface area contributed by atoms with Crippen LogP contribution in [0.2, 0.25) is 10.0 Å². The maximum Gasteiger partial charge on any atom is 0.197 e. The molecule has 28 heavy (non-hydrogen) atoms. The second-order valence-electron chi connectivity index (χ2n) is 6.38. The molecule has 0 atom stereocenters. The van der Waals surface area contributed by atoms with Crippen LogP contribution in [0.25, 0.3) is 28.6 Å². The zero-order chi connectivity index (χ0) is 19.4. The number of rotatable bonds is 2. The maximum atomic E-state index is 12.6. The van der Waals surface area contributed by atoms with Gasteiger partial charge in [-0.3, -0.25) is 9.59 Å². The second kappa shape index (κ2) is 6.23. The average molecular weight is 409 g/mol. The van der Waals surface area contributed by atoms with E-state index in [4.69, 9.17) is 32.0 Å². The minimum Gasteiger partial charge on any atom is -0.453 e. The first-order valence-electron chi connectivity index (χ1n) is 8.40. The number of halogens is 2. The van der Waals surface area contributed by atoms with Crippen LogP contribution in [-0.2, 0) is 0 Å². The van der Waals surface area contributed by atoms with Crippen molar-refractivity contribution in [3.63, 3.8) is 0 Å². The first-order chi connectivity index (χ1) is 13.5. The van der Waals surface area contributed by atoms with Gasteiger partial charge in [-0.15, -0.1) is 0 Å². The predicted octanol–water partition coefficient (Wildman–Crippen LogP) is 6.46. The third-order valence-corrected chi connectivity index (χ3v) is 5.33. The van der Waals surface area contributed by atoms with Gasteiger partial charge in [0, 0.05) is 28.8 Å². The van der Waals surface area contributed by atoms with E-state index in [1.165, 1.54) is 18.2 Å². The van der Waals surface area contributed by atoms with Crippen molar-refractivity contribution in [2.24, 2.45) is 0 Å². The third kappa shape index (κ3) is 2.61. The van der Waals surface area contributed by atoms with Crippen LogP contribution >= 0.6 is 23.2 Å². The molecule has 2 heterocycles. The standard InChI is InChI=1S/C22H10Cl2O4/c23-16-8-13-14(9-17(16)24)22(26)15(21(13)25)6-12-7-19-20(27-12)10-18(28-19)11-4-2-1-3-5-11/h1-10H. The lowest BCUT2D eigenvalue weighted by Gasteiger charge is -1.98. The molecule has 5 rings (SSSR count). The molecule has 0 amide bonds. The molecule has 0 saturated carbocycles. The third-order valence-electron chi connectivity index (χ3n) is 4.61. The van der Waals surface area contributed by atoms with Crippen molar-refractivity contribution in [1.29, 1.82) is 0 Å². The summed E-state index contributed by atoms with van der Waals surface area (Å²) in [5, 5.41) is 0.457. The molecule has 0 radical (unpaired) electrons. The van der Waals surface area contributed by atoms with E-state index in [1.807, 2.05) is 30.3 Å². The maximum absolute atomic E-state index is 12.6. The molecular formula is C22H10Cl2O4. The molecule has 0 unspecified atom stereocenters. The summed E-state index contributed by atoms with van der Waals surface area (Å²) in [6, 6.07) is 15.9. The summed E-state index contributed by atoms with van der Waals surface area (Å²) in [5.74, 6) is 0.224. The number of hydrogen-bond donors (Lipinski definition) is 0. The number of carbonyl (C=O) groups excluding carboxylic acids is 2. The molecule has 1 aliphatic carbocycles. The largest absolute Gasteiger partial charge is 0.453 e. The van der Waals surface area contributed by atoms with E-state index >= 15 is 0 Å². The van der Waals surface area contributed by atoms with Gasteiger partial charge < -0.3 is 8.83 Å². The van der Waals surface area contributed by atoms with Crippen molar-refractivity contribution in [3.05, 3.63) is 87.1 Å². The summed E-state index contributed by atoms with van der Waals surface area (Å²) < 4.78 is 11.6. The number of fused-ring (bicyclic) bond motifs is 2. The molecule has 0 N–H and O–H groups in total. The zero-order valence-electron chi connectivity index (χ0n) is 14.2. The zero-order valence-corrected chi connectivity index (χ0v) is 15.7. The summed E-state index contributed by atoms with van der Waals surface area (Å²) in [6.07, 6.45) is 1.42. The highest BCUT2D eigenvalue weighted by Gasteiger charge is 2.34. The summed E-state index contributed by atoms with van der Waals surface area (Å²) in [5.41, 5.74) is 2.49. The Hall–Kier alpha value is -3.08. The monoisotopic (exact) mass is 408 g/mol. The lowest BCUT2D eigenvalue weighted by Crippen LogP contribution is -1.99. The minimum atomic E-state index is -0.406. The summed E-state index contributed by atoms with van der Waals surface area (Å²) in [4.78, 5) is 25.2. The van der Waals surface area contributed by atoms with Gasteiger partial charge in [-0.1, -0.05) is 53.5 Å². The number of carbonyl (C=O) groups is 2. The highest BCUT2D eigenvalue weighted by Crippen LogP contribution is 2.35. The Balaban J connectivity index is 1.53. The van der Waals surface area contributed by atoms with Gasteiger partial charge in [0.1, 0.15) is 11.5 Å². The van der Waals surface area contributed by atoms with E-state index < -0.39 is 11.6 Å². The molecule has 136 valence electrons. The number of furan rings is 2. The van der Waals surface area contributed by atoms with Crippen LogP contribution in [0.15, 0.2) is 69.0 Å². The molecule has 6 heteroatoms. The quantitative estimate of drug-likeness (QED) is 0.282. The molecule has 0 saturated heterocycles. The summed E-state index contributed by atoms with van der Waals surface area (Å²) in [6.45, 7) is 0. The molecule has 1 aliphatic rings. The number of Topliss-reactive ketones (excluding diaryl/α,β-unsaturated/α-hetero) is 2. The number of hydrogen-bond acceptors (Lipinski definition) is 4. The van der Waals surface area contributed by atoms with E-state index in [-0.39, 0.29) is 26.7 Å². The highest BCUT2D eigenvalue weighted by molar-refractivity contribution is 6.46. The Kier molecular flexibility index (Phi) is 3.79. The van der Waals surface area contributed by atoms with Crippen molar-refractivity contribution >= 4 is 52.0 Å². The van der Waals surface area contributed by atoms with Gasteiger partial charge in [0.05, 0.1) is 15.6 Å². The van der Waals surface area contributed by atoms with E-state index in [0.29, 0.717) is 22.7 Å². The molecule has 4 nitrogen and oxygen atoms in total. The summed E-state index contributed by atoms with van der Waals surface area (Å²) >= 11 is 11.9. The molecule has 4 aromatic rings. The van der Waals surface area contributed by atoms with Crippen molar-refractivity contribution in [1.82, 2.24) is 0 Å². The van der Waals surface area contributed by atoms with Crippen LogP contribution < -0.4 is 0 Å². The van der Waals surface area contributed by atoms with Crippen LogP contribution in [0.5, 0.6) is 0 Å². The highest BCUT2D eigenvalue weighted by atomic mass is 35.5. The summed E-state index contributed by atoms with van der Waals surface area (Å²) in [7, 11) is 0. The number of allylic oxidation sites excluding steroid dienone is 1. The molecular weight excluding hydrogens is 399 g/mol.